The summed E-state index contributed by atoms with van der Waals surface area (Å²) in [5.74, 6) is -0.758. The highest BCUT2D eigenvalue weighted by Gasteiger charge is 2.22. The number of anilines is 1. The molecule has 8 heteroatoms. The predicted molar refractivity (Wildman–Crippen MR) is 104 cm³/mol. The molecule has 0 radical (unpaired) electrons. The number of sulfonamides is 1. The van der Waals surface area contributed by atoms with Gasteiger partial charge < -0.3 is 0 Å². The summed E-state index contributed by atoms with van der Waals surface area (Å²) >= 11 is 6.18. The van der Waals surface area contributed by atoms with Crippen LogP contribution < -0.4 is 4.72 Å². The predicted octanol–water partition coefficient (Wildman–Crippen LogP) is 4.40. The van der Waals surface area contributed by atoms with E-state index in [4.69, 9.17) is 17.0 Å². The molecule has 1 aromatic heterocycles. The average Bonchev–Trinajstić information content (AvgIpc) is 2.62. The van der Waals surface area contributed by atoms with Gasteiger partial charge in [0.05, 0.1) is 21.2 Å². The highest BCUT2D eigenvalue weighted by atomic mass is 35.5. The van der Waals surface area contributed by atoms with Crippen molar-refractivity contribution >= 4 is 33.2 Å². The lowest BCUT2D eigenvalue weighted by molar-refractivity contribution is 0.601. The number of hydrogen-bond acceptors (Lipinski definition) is 4. The van der Waals surface area contributed by atoms with Crippen molar-refractivity contribution in [1.29, 1.82) is 5.41 Å². The fraction of sp³-hybridized carbons (Fsp3) is 0.0526. The molecular formula is C19H15ClFN3O2S. The summed E-state index contributed by atoms with van der Waals surface area (Å²) in [6.45, 7) is 1.84. The van der Waals surface area contributed by atoms with E-state index in [0.717, 1.165) is 5.56 Å². The highest BCUT2D eigenvalue weighted by Crippen LogP contribution is 2.28. The standard InChI is InChI=1S/C19H15ClFN3O2S/c1-12-6-8-13(9-7-12)27(25,26)24-19-17(15(20)10-11-23-19)18(22)14-4-2-3-5-16(14)21/h2-11,22H,1H3,(H,23,24). The summed E-state index contributed by atoms with van der Waals surface area (Å²) in [4.78, 5) is 4.05. The summed E-state index contributed by atoms with van der Waals surface area (Å²) < 4.78 is 41.8. The molecular weight excluding hydrogens is 389 g/mol. The van der Waals surface area contributed by atoms with E-state index in [1.54, 1.807) is 18.2 Å². The molecule has 2 N–H and O–H groups in total. The number of nitrogens with one attached hydrogen (secondary N) is 2. The number of aryl methyl sites for hydroxylation is 1. The highest BCUT2D eigenvalue weighted by molar-refractivity contribution is 7.92. The van der Waals surface area contributed by atoms with Gasteiger partial charge in [-0.2, -0.15) is 0 Å². The number of benzene rings is 2. The second-order valence-corrected chi connectivity index (χ2v) is 7.88. The quantitative estimate of drug-likeness (QED) is 0.619. The normalized spacial score (nSPS) is 11.2. The van der Waals surface area contributed by atoms with Gasteiger partial charge in [0.2, 0.25) is 0 Å². The van der Waals surface area contributed by atoms with E-state index in [1.807, 2.05) is 6.92 Å². The molecule has 0 saturated carbocycles. The molecule has 0 unspecified atom stereocenters. The van der Waals surface area contributed by atoms with Crippen molar-refractivity contribution in [3.8, 4) is 0 Å². The number of nitrogens with zero attached hydrogens (tertiary/aromatic N) is 1. The number of rotatable bonds is 5. The molecule has 0 aliphatic heterocycles. The molecule has 3 rings (SSSR count). The molecule has 27 heavy (non-hydrogen) atoms. The Morgan fingerprint density at radius 1 is 1.11 bits per heavy atom. The Kier molecular flexibility index (Phi) is 5.25. The molecule has 0 bridgehead atoms. The maximum atomic E-state index is 14.1. The molecule has 5 nitrogen and oxygen atoms in total. The van der Waals surface area contributed by atoms with Crippen LogP contribution in [-0.4, -0.2) is 19.1 Å². The Labute approximate surface area is 161 Å². The molecule has 2 aromatic carbocycles. The Morgan fingerprint density at radius 2 is 1.78 bits per heavy atom. The largest absolute Gasteiger partial charge is 0.299 e. The minimum Gasteiger partial charge on any atom is -0.299 e. The molecule has 0 aliphatic carbocycles. The molecule has 138 valence electrons. The Balaban J connectivity index is 2.05. The first-order valence-corrected chi connectivity index (χ1v) is 9.73. The molecule has 0 saturated heterocycles. The molecule has 0 amide bonds. The fourth-order valence-electron chi connectivity index (χ4n) is 2.46. The number of hydrogen-bond donors (Lipinski definition) is 2. The Morgan fingerprint density at radius 3 is 2.44 bits per heavy atom. The summed E-state index contributed by atoms with van der Waals surface area (Å²) in [7, 11) is -3.96. The van der Waals surface area contributed by atoms with Crippen molar-refractivity contribution in [3.63, 3.8) is 0 Å². The van der Waals surface area contributed by atoms with Crippen LogP contribution in [0.3, 0.4) is 0 Å². The van der Waals surface area contributed by atoms with Gasteiger partial charge in [0.25, 0.3) is 10.0 Å². The van der Waals surface area contributed by atoms with Crippen molar-refractivity contribution in [3.05, 3.63) is 88.3 Å². The minimum absolute atomic E-state index is 0.0000432. The molecule has 0 fully saturated rings. The third-order valence-electron chi connectivity index (χ3n) is 3.86. The SMILES string of the molecule is Cc1ccc(S(=O)(=O)Nc2nccc(Cl)c2C(=N)c2ccccc2F)cc1. The first-order chi connectivity index (χ1) is 12.8. The monoisotopic (exact) mass is 403 g/mol. The molecule has 1 heterocycles. The van der Waals surface area contributed by atoms with Crippen molar-refractivity contribution in [2.24, 2.45) is 0 Å². The van der Waals surface area contributed by atoms with Gasteiger partial charge in [-0.1, -0.05) is 41.4 Å². The van der Waals surface area contributed by atoms with Gasteiger partial charge in [-0.05, 0) is 37.3 Å². The second-order valence-electron chi connectivity index (χ2n) is 5.79. The lowest BCUT2D eigenvalue weighted by atomic mass is 10.0. The Bertz CT molecular complexity index is 1120. The molecule has 0 atom stereocenters. The van der Waals surface area contributed by atoms with Gasteiger partial charge in [0.1, 0.15) is 5.82 Å². The first-order valence-electron chi connectivity index (χ1n) is 7.87. The van der Waals surface area contributed by atoms with Crippen molar-refractivity contribution in [1.82, 2.24) is 4.98 Å². The smallest absolute Gasteiger partial charge is 0.263 e. The lowest BCUT2D eigenvalue weighted by Crippen LogP contribution is -2.18. The second kappa shape index (κ2) is 7.46. The van der Waals surface area contributed by atoms with Crippen LogP contribution in [0.15, 0.2) is 65.7 Å². The van der Waals surface area contributed by atoms with Gasteiger partial charge in [-0.3, -0.25) is 10.1 Å². The first kappa shape index (κ1) is 19.0. The third-order valence-corrected chi connectivity index (χ3v) is 5.53. The van der Waals surface area contributed by atoms with Crippen LogP contribution >= 0.6 is 11.6 Å². The van der Waals surface area contributed by atoms with E-state index < -0.39 is 15.8 Å². The van der Waals surface area contributed by atoms with Crippen molar-refractivity contribution in [2.75, 3.05) is 4.72 Å². The summed E-state index contributed by atoms with van der Waals surface area (Å²) in [5.41, 5.74) is 0.632. The zero-order chi connectivity index (χ0) is 19.6. The van der Waals surface area contributed by atoms with E-state index in [2.05, 4.69) is 9.71 Å². The van der Waals surface area contributed by atoms with Gasteiger partial charge in [-0.25, -0.2) is 17.8 Å². The minimum atomic E-state index is -3.96. The number of halogens is 2. The van der Waals surface area contributed by atoms with E-state index in [9.17, 15) is 12.8 Å². The van der Waals surface area contributed by atoms with Crippen LogP contribution in [0.4, 0.5) is 10.2 Å². The summed E-state index contributed by atoms with van der Waals surface area (Å²) in [6, 6.07) is 13.4. The third kappa shape index (κ3) is 3.99. The topological polar surface area (TPSA) is 82.9 Å². The maximum Gasteiger partial charge on any atom is 0.263 e. The fourth-order valence-corrected chi connectivity index (χ4v) is 3.72. The van der Waals surface area contributed by atoms with Crippen molar-refractivity contribution in [2.45, 2.75) is 11.8 Å². The lowest BCUT2D eigenvalue weighted by Gasteiger charge is -2.14. The Hall–Kier alpha value is -2.77. The summed E-state index contributed by atoms with van der Waals surface area (Å²) in [5, 5.41) is 8.42. The average molecular weight is 404 g/mol. The molecule has 3 aromatic rings. The van der Waals surface area contributed by atoms with Gasteiger partial charge in [0.15, 0.2) is 5.82 Å². The van der Waals surface area contributed by atoms with E-state index >= 15 is 0 Å². The van der Waals surface area contributed by atoms with Crippen LogP contribution in [0.1, 0.15) is 16.7 Å². The van der Waals surface area contributed by atoms with E-state index in [1.165, 1.54) is 42.6 Å². The van der Waals surface area contributed by atoms with Crippen LogP contribution in [-0.2, 0) is 10.0 Å². The van der Waals surface area contributed by atoms with Crippen LogP contribution in [0.5, 0.6) is 0 Å². The molecule has 0 spiro atoms. The van der Waals surface area contributed by atoms with E-state index in [0.29, 0.717) is 0 Å². The van der Waals surface area contributed by atoms with Crippen LogP contribution in [0.2, 0.25) is 5.02 Å². The number of aromatic nitrogens is 1. The number of pyridine rings is 1. The maximum absolute atomic E-state index is 14.1. The van der Waals surface area contributed by atoms with Crippen LogP contribution in [0.25, 0.3) is 0 Å². The van der Waals surface area contributed by atoms with Gasteiger partial charge in [-0.15, -0.1) is 0 Å². The van der Waals surface area contributed by atoms with E-state index in [-0.39, 0.29) is 32.6 Å². The van der Waals surface area contributed by atoms with Gasteiger partial charge >= 0.3 is 0 Å². The van der Waals surface area contributed by atoms with Crippen molar-refractivity contribution < 1.29 is 12.8 Å². The zero-order valence-corrected chi connectivity index (χ0v) is 15.8. The van der Waals surface area contributed by atoms with Gasteiger partial charge in [0, 0.05) is 11.8 Å². The van der Waals surface area contributed by atoms with Crippen LogP contribution in [0, 0.1) is 18.2 Å². The molecule has 0 aliphatic rings. The zero-order valence-electron chi connectivity index (χ0n) is 14.2. The summed E-state index contributed by atoms with van der Waals surface area (Å²) in [6.07, 6.45) is 1.31.